The van der Waals surface area contributed by atoms with Crippen molar-refractivity contribution in [3.63, 3.8) is 0 Å². The third kappa shape index (κ3) is 2.35. The zero-order chi connectivity index (χ0) is 13.2. The maximum Gasteiger partial charge on any atom is 0.277 e. The van der Waals surface area contributed by atoms with E-state index in [0.717, 1.165) is 11.1 Å². The third-order valence-electron chi connectivity index (χ3n) is 3.13. The van der Waals surface area contributed by atoms with Crippen LogP contribution in [0, 0.1) is 5.82 Å². The number of benzene rings is 2. The van der Waals surface area contributed by atoms with Crippen molar-refractivity contribution >= 4 is 5.91 Å². The van der Waals surface area contributed by atoms with Crippen molar-refractivity contribution in [3.8, 4) is 0 Å². The van der Waals surface area contributed by atoms with Gasteiger partial charge < -0.3 is 0 Å². The van der Waals surface area contributed by atoms with Crippen LogP contribution in [0.25, 0.3) is 0 Å². The molecule has 0 saturated carbocycles. The second-order valence-corrected chi connectivity index (χ2v) is 4.39. The summed E-state index contributed by atoms with van der Waals surface area (Å²) in [6.45, 7) is 0.787. The lowest BCUT2D eigenvalue weighted by atomic mass is 10.1. The molecule has 0 aromatic heterocycles. The minimum absolute atomic E-state index is 0.255. The van der Waals surface area contributed by atoms with Gasteiger partial charge in [-0.25, -0.2) is 9.45 Å². The lowest BCUT2D eigenvalue weighted by molar-refractivity contribution is -0.149. The highest BCUT2D eigenvalue weighted by Gasteiger charge is 2.22. The van der Waals surface area contributed by atoms with Gasteiger partial charge in [0.25, 0.3) is 5.91 Å². The molecule has 3 nitrogen and oxygen atoms in total. The summed E-state index contributed by atoms with van der Waals surface area (Å²) in [4.78, 5) is 17.6. The summed E-state index contributed by atoms with van der Waals surface area (Å²) < 4.78 is 12.8. The molecule has 1 heterocycles. The predicted molar refractivity (Wildman–Crippen MR) is 67.5 cm³/mol. The zero-order valence-corrected chi connectivity index (χ0v) is 10.2. The molecule has 2 aromatic rings. The van der Waals surface area contributed by atoms with Gasteiger partial charge in [0, 0.05) is 5.56 Å². The Morgan fingerprint density at radius 2 is 1.74 bits per heavy atom. The van der Waals surface area contributed by atoms with Crippen molar-refractivity contribution in [3.05, 3.63) is 71.0 Å². The van der Waals surface area contributed by atoms with Crippen LogP contribution >= 0.6 is 0 Å². The Bertz CT molecular complexity index is 610. The number of carbonyl (C=O) groups excluding carboxylic acids is 1. The van der Waals surface area contributed by atoms with Crippen molar-refractivity contribution in [2.24, 2.45) is 0 Å². The molecule has 0 unspecified atom stereocenters. The summed E-state index contributed by atoms with van der Waals surface area (Å²) >= 11 is 0. The maximum absolute atomic E-state index is 12.8. The van der Waals surface area contributed by atoms with Gasteiger partial charge in [-0.05, 0) is 35.4 Å². The lowest BCUT2D eigenvalue weighted by Gasteiger charge is -2.28. The number of hydroxylamine groups is 2. The van der Waals surface area contributed by atoms with Crippen molar-refractivity contribution in [2.75, 3.05) is 0 Å². The van der Waals surface area contributed by atoms with Gasteiger partial charge in [-0.1, -0.05) is 24.3 Å². The van der Waals surface area contributed by atoms with Crippen LogP contribution < -0.4 is 0 Å². The second kappa shape index (κ2) is 4.82. The van der Waals surface area contributed by atoms with E-state index in [1.54, 1.807) is 0 Å². The van der Waals surface area contributed by atoms with Gasteiger partial charge in [-0.3, -0.25) is 9.63 Å². The number of amides is 1. The third-order valence-corrected chi connectivity index (χ3v) is 3.13. The fraction of sp³-hybridized carbons (Fsp3) is 0.133. The molecule has 0 fully saturated rings. The first-order valence-electron chi connectivity index (χ1n) is 6.01. The van der Waals surface area contributed by atoms with Crippen LogP contribution in [0.4, 0.5) is 4.39 Å². The summed E-state index contributed by atoms with van der Waals surface area (Å²) in [5, 5.41) is 1.32. The SMILES string of the molecule is O=C(c1ccc(F)cc1)N1Cc2ccccc2CO1. The number of rotatable bonds is 1. The Balaban J connectivity index is 1.81. The molecule has 3 rings (SSSR count). The smallest absolute Gasteiger partial charge is 0.267 e. The summed E-state index contributed by atoms with van der Waals surface area (Å²) in [5.74, 6) is -0.615. The van der Waals surface area contributed by atoms with E-state index in [-0.39, 0.29) is 11.7 Å². The molecular formula is C15H12FNO2. The molecule has 4 heteroatoms. The monoisotopic (exact) mass is 257 g/mol. The number of hydrogen-bond acceptors (Lipinski definition) is 2. The number of carbonyl (C=O) groups is 1. The van der Waals surface area contributed by atoms with Crippen LogP contribution in [0.1, 0.15) is 21.5 Å². The highest BCUT2D eigenvalue weighted by Crippen LogP contribution is 2.21. The minimum atomic E-state index is -0.360. The Labute approximate surface area is 110 Å². The van der Waals surface area contributed by atoms with Crippen LogP contribution in [0.2, 0.25) is 0 Å². The molecule has 2 aromatic carbocycles. The lowest BCUT2D eigenvalue weighted by Crippen LogP contribution is -2.34. The van der Waals surface area contributed by atoms with Crippen LogP contribution in [0.15, 0.2) is 48.5 Å². The van der Waals surface area contributed by atoms with E-state index in [4.69, 9.17) is 4.84 Å². The standard InChI is InChI=1S/C15H12FNO2/c16-14-7-5-11(6-8-14)15(18)17-9-12-3-1-2-4-13(12)10-19-17/h1-8H,9-10H2. The average Bonchev–Trinajstić information content (AvgIpc) is 2.47. The van der Waals surface area contributed by atoms with Crippen LogP contribution in [0.5, 0.6) is 0 Å². The first kappa shape index (κ1) is 11.9. The largest absolute Gasteiger partial charge is 0.277 e. The number of halogens is 1. The van der Waals surface area contributed by atoms with E-state index in [1.165, 1.54) is 29.3 Å². The Morgan fingerprint density at radius 1 is 1.05 bits per heavy atom. The van der Waals surface area contributed by atoms with E-state index in [2.05, 4.69) is 0 Å². The highest BCUT2D eigenvalue weighted by atomic mass is 19.1. The molecule has 1 aliphatic heterocycles. The van der Waals surface area contributed by atoms with Gasteiger partial charge in [0.15, 0.2) is 0 Å². The molecule has 0 bridgehead atoms. The molecule has 19 heavy (non-hydrogen) atoms. The number of fused-ring (bicyclic) bond motifs is 1. The highest BCUT2D eigenvalue weighted by molar-refractivity contribution is 5.93. The molecular weight excluding hydrogens is 245 g/mol. The van der Waals surface area contributed by atoms with Crippen molar-refractivity contribution in [2.45, 2.75) is 13.2 Å². The van der Waals surface area contributed by atoms with Crippen molar-refractivity contribution in [1.29, 1.82) is 0 Å². The summed E-state index contributed by atoms with van der Waals surface area (Å²) in [7, 11) is 0. The average molecular weight is 257 g/mol. The fourth-order valence-corrected chi connectivity index (χ4v) is 2.07. The van der Waals surface area contributed by atoms with E-state index >= 15 is 0 Å². The first-order chi connectivity index (χ1) is 9.24. The van der Waals surface area contributed by atoms with Gasteiger partial charge in [-0.2, -0.15) is 0 Å². The molecule has 1 aliphatic rings. The van der Waals surface area contributed by atoms with E-state index in [0.29, 0.717) is 18.7 Å². The van der Waals surface area contributed by atoms with E-state index in [9.17, 15) is 9.18 Å². The minimum Gasteiger partial charge on any atom is -0.267 e. The molecule has 0 atom stereocenters. The van der Waals surface area contributed by atoms with Crippen molar-refractivity contribution in [1.82, 2.24) is 5.06 Å². The van der Waals surface area contributed by atoms with Crippen LogP contribution in [-0.4, -0.2) is 11.0 Å². The Kier molecular flexibility index (Phi) is 3.01. The Morgan fingerprint density at radius 3 is 2.47 bits per heavy atom. The molecule has 0 saturated heterocycles. The van der Waals surface area contributed by atoms with Gasteiger partial charge in [0.1, 0.15) is 12.4 Å². The van der Waals surface area contributed by atoms with E-state index in [1.807, 2.05) is 24.3 Å². The van der Waals surface area contributed by atoms with Gasteiger partial charge in [0.05, 0.1) is 6.54 Å². The summed E-state index contributed by atoms with van der Waals surface area (Å²) in [5.41, 5.74) is 2.58. The molecule has 0 spiro atoms. The topological polar surface area (TPSA) is 29.5 Å². The Hall–Kier alpha value is -2.20. The van der Waals surface area contributed by atoms with Gasteiger partial charge >= 0.3 is 0 Å². The zero-order valence-electron chi connectivity index (χ0n) is 10.2. The van der Waals surface area contributed by atoms with Gasteiger partial charge in [0.2, 0.25) is 0 Å². The quantitative estimate of drug-likeness (QED) is 0.786. The first-order valence-corrected chi connectivity index (χ1v) is 6.01. The summed E-state index contributed by atoms with van der Waals surface area (Å²) in [6.07, 6.45) is 0. The van der Waals surface area contributed by atoms with E-state index < -0.39 is 0 Å². The van der Waals surface area contributed by atoms with Crippen LogP contribution in [0.3, 0.4) is 0 Å². The predicted octanol–water partition coefficient (Wildman–Crippen LogP) is 2.91. The van der Waals surface area contributed by atoms with Gasteiger partial charge in [-0.15, -0.1) is 0 Å². The molecule has 0 N–H and O–H groups in total. The molecule has 1 amide bonds. The number of hydrogen-bond donors (Lipinski definition) is 0. The maximum atomic E-state index is 12.8. The fourth-order valence-electron chi connectivity index (χ4n) is 2.07. The molecule has 0 radical (unpaired) electrons. The number of nitrogens with zero attached hydrogens (tertiary/aromatic N) is 1. The molecule has 0 aliphatic carbocycles. The summed E-state index contributed by atoms with van der Waals surface area (Å²) in [6, 6.07) is 13.3. The second-order valence-electron chi connectivity index (χ2n) is 4.39. The normalized spacial score (nSPS) is 14.1. The van der Waals surface area contributed by atoms with Crippen molar-refractivity contribution < 1.29 is 14.0 Å². The van der Waals surface area contributed by atoms with Crippen LogP contribution in [-0.2, 0) is 18.0 Å². The molecule has 96 valence electrons.